The van der Waals surface area contributed by atoms with Crippen LogP contribution in [0.1, 0.15) is 33.1 Å². The highest BCUT2D eigenvalue weighted by molar-refractivity contribution is 5.75. The number of aliphatic carboxylic acids is 1. The van der Waals surface area contributed by atoms with Crippen LogP contribution in [0.4, 0.5) is 0 Å². The van der Waals surface area contributed by atoms with Crippen LogP contribution in [0.3, 0.4) is 0 Å². The minimum Gasteiger partial charge on any atom is -0.477 e. The van der Waals surface area contributed by atoms with Crippen LogP contribution in [0.5, 0.6) is 0 Å². The van der Waals surface area contributed by atoms with Crippen molar-refractivity contribution in [2.75, 3.05) is 26.4 Å². The summed E-state index contributed by atoms with van der Waals surface area (Å²) in [5.41, 5.74) is 5.52. The van der Waals surface area contributed by atoms with Crippen molar-refractivity contribution in [1.82, 2.24) is 5.32 Å². The van der Waals surface area contributed by atoms with Crippen molar-refractivity contribution in [3.63, 3.8) is 0 Å². The van der Waals surface area contributed by atoms with E-state index >= 15 is 0 Å². The molecule has 15 nitrogen and oxygen atoms in total. The third kappa shape index (κ3) is 6.75. The van der Waals surface area contributed by atoms with E-state index in [1.807, 2.05) is 0 Å². The average molecular weight is 539 g/mol. The van der Waals surface area contributed by atoms with E-state index in [9.17, 15) is 35.1 Å². The van der Waals surface area contributed by atoms with E-state index in [0.29, 0.717) is 13.0 Å². The van der Waals surface area contributed by atoms with E-state index in [2.05, 4.69) is 5.32 Å². The molecule has 3 rings (SSSR count). The lowest BCUT2D eigenvalue weighted by molar-refractivity contribution is -0.345. The van der Waals surface area contributed by atoms with Crippen LogP contribution in [0.15, 0.2) is 0 Å². The predicted octanol–water partition coefficient (Wildman–Crippen LogP) is -3.24. The fraction of sp³-hybridized carbons (Fsp3) is 0.909. The van der Waals surface area contributed by atoms with Crippen LogP contribution in [0.25, 0.3) is 0 Å². The molecule has 3 saturated heterocycles. The first kappa shape index (κ1) is 30.0. The Morgan fingerprint density at radius 1 is 0.973 bits per heavy atom. The van der Waals surface area contributed by atoms with Gasteiger partial charge in [0.1, 0.15) is 48.8 Å². The molecule has 0 unspecified atom stereocenters. The SMILES string of the molecule is CC(=O)N[C@H]1[C@H](O[C@H]2[C@H](OCCCCCN)O[C@H](CO)[C@@H]3O[C@](C)(C(=O)O)O[C@@H]32)O[C@H](CO)[C@@H](O)[C@@H]1O. The van der Waals surface area contributed by atoms with Gasteiger partial charge in [0.2, 0.25) is 5.91 Å². The van der Waals surface area contributed by atoms with Gasteiger partial charge in [0.15, 0.2) is 12.6 Å². The lowest BCUT2D eigenvalue weighted by Crippen LogP contribution is -2.67. The Labute approximate surface area is 213 Å². The summed E-state index contributed by atoms with van der Waals surface area (Å²) in [5.74, 6) is -4.06. The van der Waals surface area contributed by atoms with Crippen molar-refractivity contribution in [1.29, 1.82) is 0 Å². The molecule has 11 atom stereocenters. The number of carbonyl (C=O) groups excluding carboxylic acids is 1. The van der Waals surface area contributed by atoms with Crippen LogP contribution < -0.4 is 11.1 Å². The Morgan fingerprint density at radius 2 is 1.62 bits per heavy atom. The number of carbonyl (C=O) groups is 2. The molecule has 37 heavy (non-hydrogen) atoms. The molecule has 1 amide bonds. The number of aliphatic hydroxyl groups is 4. The van der Waals surface area contributed by atoms with Gasteiger partial charge in [0.25, 0.3) is 5.79 Å². The molecule has 0 aromatic heterocycles. The van der Waals surface area contributed by atoms with Crippen molar-refractivity contribution < 1.29 is 63.5 Å². The number of fused-ring (bicyclic) bond motifs is 1. The van der Waals surface area contributed by atoms with Gasteiger partial charge in [0, 0.05) is 20.5 Å². The summed E-state index contributed by atoms with van der Waals surface area (Å²) < 4.78 is 34.9. The quantitative estimate of drug-likeness (QED) is 0.121. The Balaban J connectivity index is 1.89. The molecule has 8 N–H and O–H groups in total. The molecule has 0 aromatic rings. The number of aliphatic hydroxyl groups excluding tert-OH is 4. The maximum absolute atomic E-state index is 11.9. The third-order valence-electron chi connectivity index (χ3n) is 6.55. The smallest absolute Gasteiger partial charge is 0.364 e. The summed E-state index contributed by atoms with van der Waals surface area (Å²) in [5, 5.41) is 52.6. The average Bonchev–Trinajstić information content (AvgIpc) is 3.23. The van der Waals surface area contributed by atoms with Crippen LogP contribution in [0.2, 0.25) is 0 Å². The van der Waals surface area contributed by atoms with Crippen LogP contribution in [-0.4, -0.2) is 131 Å². The number of carboxylic acids is 1. The van der Waals surface area contributed by atoms with Gasteiger partial charge in [-0.2, -0.15) is 0 Å². The van der Waals surface area contributed by atoms with Gasteiger partial charge in [-0.1, -0.05) is 0 Å². The van der Waals surface area contributed by atoms with E-state index in [1.165, 1.54) is 13.8 Å². The molecular formula is C22H38N2O13. The van der Waals surface area contributed by atoms with Gasteiger partial charge < -0.3 is 65.0 Å². The Morgan fingerprint density at radius 3 is 2.22 bits per heavy atom. The maximum Gasteiger partial charge on any atom is 0.364 e. The molecule has 3 fully saturated rings. The van der Waals surface area contributed by atoms with Crippen molar-refractivity contribution in [2.24, 2.45) is 5.73 Å². The molecule has 0 aromatic carbocycles. The highest BCUT2D eigenvalue weighted by Crippen LogP contribution is 2.40. The number of hydrogen-bond donors (Lipinski definition) is 7. The molecular weight excluding hydrogens is 500 g/mol. The highest BCUT2D eigenvalue weighted by atomic mass is 16.8. The number of nitrogens with one attached hydrogen (secondary N) is 1. The standard InChI is InChI=1S/C22H38N2O13/c1-10(27)24-13-15(29)14(28)11(8-25)33-19(13)35-18-17-16(36-22(2,37-17)21(30)31)12(9-26)34-20(18)32-7-5-3-4-6-23/h11-20,25-26,28-29H,3-9,23H2,1-2H3,(H,24,27)(H,30,31)/t11-,12-,13-,14-,15-,16+,17+,18-,19+,20-,22+/m1/s1. The zero-order valence-corrected chi connectivity index (χ0v) is 20.8. The predicted molar refractivity (Wildman–Crippen MR) is 121 cm³/mol. The number of amides is 1. The summed E-state index contributed by atoms with van der Waals surface area (Å²) in [6.07, 6.45) is -9.30. The van der Waals surface area contributed by atoms with E-state index < -0.39 is 92.2 Å². The van der Waals surface area contributed by atoms with Gasteiger partial charge in [-0.25, -0.2) is 4.79 Å². The summed E-state index contributed by atoms with van der Waals surface area (Å²) in [7, 11) is 0. The number of rotatable bonds is 12. The number of hydrogen-bond acceptors (Lipinski definition) is 13. The van der Waals surface area contributed by atoms with E-state index in [-0.39, 0.29) is 6.61 Å². The van der Waals surface area contributed by atoms with Gasteiger partial charge in [-0.15, -0.1) is 0 Å². The Hall–Kier alpha value is -1.50. The van der Waals surface area contributed by atoms with Gasteiger partial charge >= 0.3 is 5.97 Å². The highest BCUT2D eigenvalue weighted by Gasteiger charge is 2.61. The second kappa shape index (κ2) is 13.0. The van der Waals surface area contributed by atoms with E-state index in [1.54, 1.807) is 0 Å². The van der Waals surface area contributed by atoms with Gasteiger partial charge in [-0.05, 0) is 25.8 Å². The Bertz CT molecular complexity index is 775. The van der Waals surface area contributed by atoms with Crippen LogP contribution in [-0.2, 0) is 38.0 Å². The lowest BCUT2D eigenvalue weighted by Gasteiger charge is -2.46. The second-order valence-electron chi connectivity index (χ2n) is 9.40. The third-order valence-corrected chi connectivity index (χ3v) is 6.55. The number of nitrogens with two attached hydrogens (primary N) is 1. The fourth-order valence-electron chi connectivity index (χ4n) is 4.59. The zero-order chi connectivity index (χ0) is 27.3. The first-order valence-electron chi connectivity index (χ1n) is 12.3. The topological polar surface area (TPSA) is 229 Å². The van der Waals surface area contributed by atoms with Crippen LogP contribution in [0, 0.1) is 0 Å². The molecule has 0 saturated carbocycles. The monoisotopic (exact) mass is 538 g/mol. The summed E-state index contributed by atoms with van der Waals surface area (Å²) in [6.45, 7) is 1.91. The van der Waals surface area contributed by atoms with Crippen LogP contribution >= 0.6 is 0 Å². The molecule has 0 bridgehead atoms. The number of ether oxygens (including phenoxy) is 6. The summed E-state index contributed by atoms with van der Waals surface area (Å²) >= 11 is 0. The largest absolute Gasteiger partial charge is 0.477 e. The minimum atomic E-state index is -2.09. The van der Waals surface area contributed by atoms with Gasteiger partial charge in [-0.3, -0.25) is 4.79 Å². The van der Waals surface area contributed by atoms with Gasteiger partial charge in [0.05, 0.1) is 13.2 Å². The van der Waals surface area contributed by atoms with E-state index in [0.717, 1.165) is 12.8 Å². The normalized spacial score (nSPS) is 41.8. The van der Waals surface area contributed by atoms with Crippen molar-refractivity contribution in [2.45, 2.75) is 100 Å². The lowest BCUT2D eigenvalue weighted by atomic mass is 9.95. The van der Waals surface area contributed by atoms with Crippen molar-refractivity contribution in [3.8, 4) is 0 Å². The molecule has 0 radical (unpaired) electrons. The molecule has 0 spiro atoms. The maximum atomic E-state index is 11.9. The number of unbranched alkanes of at least 4 members (excludes halogenated alkanes) is 2. The molecule has 3 aliphatic rings. The molecule has 3 aliphatic heterocycles. The molecule has 15 heteroatoms. The zero-order valence-electron chi connectivity index (χ0n) is 20.8. The minimum absolute atomic E-state index is 0.207. The first-order valence-corrected chi connectivity index (χ1v) is 12.3. The molecule has 0 aliphatic carbocycles. The number of carboxylic acid groups (broad SMARTS) is 1. The fourth-order valence-corrected chi connectivity index (χ4v) is 4.59. The Kier molecular flexibility index (Phi) is 10.6. The molecule has 214 valence electrons. The summed E-state index contributed by atoms with van der Waals surface area (Å²) in [6, 6.07) is -1.28. The first-order chi connectivity index (χ1) is 17.6. The molecule has 3 heterocycles. The van der Waals surface area contributed by atoms with E-state index in [4.69, 9.17) is 34.2 Å². The second-order valence-corrected chi connectivity index (χ2v) is 9.40. The summed E-state index contributed by atoms with van der Waals surface area (Å²) in [4.78, 5) is 23.7. The van der Waals surface area contributed by atoms with Crippen molar-refractivity contribution >= 4 is 11.9 Å². The van der Waals surface area contributed by atoms with Crippen molar-refractivity contribution in [3.05, 3.63) is 0 Å².